The van der Waals surface area contributed by atoms with Gasteiger partial charge in [0.2, 0.25) is 0 Å². The van der Waals surface area contributed by atoms with Crippen LogP contribution in [-0.2, 0) is 90.5 Å². The van der Waals surface area contributed by atoms with Gasteiger partial charge in [-0.3, -0.25) is 43.2 Å². The summed E-state index contributed by atoms with van der Waals surface area (Å²) < 4.78 is 55.9. The lowest BCUT2D eigenvalue weighted by Gasteiger charge is -2.59. The highest BCUT2D eigenvalue weighted by molar-refractivity contribution is 5.87. The number of methoxy groups -OCH3 is 1. The van der Waals surface area contributed by atoms with Crippen LogP contribution in [0, 0.1) is 85.8 Å². The summed E-state index contributed by atoms with van der Waals surface area (Å²) in [7, 11) is 1.31. The Morgan fingerprint density at radius 1 is 0.383 bits per heavy atom. The van der Waals surface area contributed by atoms with Gasteiger partial charge in [0.15, 0.2) is 12.2 Å². The third-order valence-corrected chi connectivity index (χ3v) is 29.4. The highest BCUT2D eigenvalue weighted by Crippen LogP contribution is 2.62. The molecule has 21 heteroatoms. The van der Waals surface area contributed by atoms with Crippen LogP contribution < -0.4 is 0 Å². The molecule has 4 aliphatic heterocycles. The van der Waals surface area contributed by atoms with Crippen LogP contribution in [0.3, 0.4) is 0 Å². The molecule has 12 aliphatic carbocycles. The van der Waals surface area contributed by atoms with Gasteiger partial charge in [-0.2, -0.15) is 0 Å². The molecular weight excluding hydrogens is 1530 g/mol. The fourth-order valence-electron chi connectivity index (χ4n) is 20.4. The molecule has 21 nitrogen and oxygen atoms in total. The summed E-state index contributed by atoms with van der Waals surface area (Å²) in [5, 5.41) is 21.3. The molecule has 12 bridgehead atoms. The van der Waals surface area contributed by atoms with Crippen LogP contribution in [-0.4, -0.2) is 141 Å². The van der Waals surface area contributed by atoms with Crippen molar-refractivity contribution in [3.05, 3.63) is 0 Å². The molecule has 0 amide bonds. The smallest absolute Gasteiger partial charge is 0.312 e. The normalized spacial score (nSPS) is 32.4. The highest BCUT2D eigenvalue weighted by atomic mass is 16.7. The summed E-state index contributed by atoms with van der Waals surface area (Å²) in [5.41, 5.74) is -4.68. The number of rotatable bonds is 21. The van der Waals surface area contributed by atoms with Gasteiger partial charge in [-0.05, 0) is 287 Å². The van der Waals surface area contributed by atoms with Crippen molar-refractivity contribution in [3.63, 3.8) is 0 Å². The van der Waals surface area contributed by atoms with Gasteiger partial charge in [-0.25, -0.2) is 0 Å². The lowest BCUT2D eigenvalue weighted by molar-refractivity contribution is -0.226. The second-order valence-corrected chi connectivity index (χ2v) is 39.9. The van der Waals surface area contributed by atoms with Crippen molar-refractivity contribution < 1.29 is 101 Å². The third-order valence-electron chi connectivity index (χ3n) is 29.4. The van der Waals surface area contributed by atoms with Gasteiger partial charge < -0.3 is 57.6 Å². The molecule has 15 unspecified atom stereocenters. The summed E-state index contributed by atoms with van der Waals surface area (Å²) in [4.78, 5) is 109. The van der Waals surface area contributed by atoms with E-state index >= 15 is 0 Å². The zero-order valence-electron chi connectivity index (χ0n) is 70.0. The number of esters is 9. The Kier molecular flexibility index (Phi) is 46.0. The summed E-state index contributed by atoms with van der Waals surface area (Å²) in [6.07, 6.45) is 26.0. The first-order chi connectivity index (χ1) is 50.2. The molecule has 4 saturated heterocycles. The fraction of sp³-hybridized carbons (Fsp3) is 0.909. The molecule has 0 spiro atoms. The molecule has 710 valence electrons. The maximum Gasteiger partial charge on any atom is 0.312 e. The van der Waals surface area contributed by atoms with Crippen molar-refractivity contribution >= 4 is 53.7 Å². The minimum absolute atomic E-state index is 0. The molecule has 16 fully saturated rings. The quantitative estimate of drug-likeness (QED) is 0.0797. The Morgan fingerprint density at radius 3 is 1.00 bits per heavy atom. The average molecular weight is 1710 g/mol. The topological polar surface area (TPSA) is 286 Å². The van der Waals surface area contributed by atoms with Crippen LogP contribution in [0.4, 0.5) is 0 Å². The Labute approximate surface area is 734 Å². The summed E-state index contributed by atoms with van der Waals surface area (Å²) in [6.45, 7) is 39.2. The number of hydrogen-bond donors (Lipinski definition) is 2. The lowest BCUT2D eigenvalue weighted by atomic mass is 9.52. The van der Waals surface area contributed by atoms with Gasteiger partial charge >= 0.3 is 53.7 Å². The lowest BCUT2D eigenvalue weighted by Crippen LogP contribution is -2.61. The Hall–Kier alpha value is -4.89. The molecular formula is C99H188O21. The largest absolute Gasteiger partial charge is 0.469 e. The van der Waals surface area contributed by atoms with Crippen LogP contribution in [0.15, 0.2) is 0 Å². The number of carbonyl (C=O) groups is 9. The molecule has 120 heavy (non-hydrogen) atoms. The average Bonchev–Trinajstić information content (AvgIpc) is 1.50. The second-order valence-electron chi connectivity index (χ2n) is 39.9. The molecule has 12 saturated carbocycles. The van der Waals surface area contributed by atoms with Crippen molar-refractivity contribution in [1.29, 1.82) is 0 Å². The number of aliphatic hydroxyl groups is 2. The predicted molar refractivity (Wildman–Crippen MR) is 484 cm³/mol. The Bertz CT molecular complexity index is 3100. The third kappa shape index (κ3) is 25.7. The zero-order valence-corrected chi connectivity index (χ0v) is 70.0. The monoisotopic (exact) mass is 1710 g/mol. The first kappa shape index (κ1) is 121. The van der Waals surface area contributed by atoms with Gasteiger partial charge in [0.1, 0.15) is 40.7 Å². The van der Waals surface area contributed by atoms with Gasteiger partial charge in [0.25, 0.3) is 0 Å². The SMILES string of the molecule is C.C.C.C.C.C.C.C.C.C.C.C.CCC(C)(C)C(=O)OC12CC3CC(CC(O)(C3)C1)C2.CCC(C)(C)C(=O)OC12CC3CC(CC(O)(C3)C1)C2.CCC(C)(C)C(=O)OC1C2CC3C(=O)OC1C3O2.CCC(C)(C)C(=O)OC1C2CC3C1OC(=O)C3C2C(=O)OC.CCC1(OC(=O)C(C)(C)CC)CCCC1.CCC1(OC(=O)C(C)(C)CC)CCCC1. The van der Waals surface area contributed by atoms with Crippen LogP contribution in [0.1, 0.15) is 420 Å². The van der Waals surface area contributed by atoms with Crippen molar-refractivity contribution in [2.24, 2.45) is 85.8 Å². The first-order valence-electron chi connectivity index (χ1n) is 42.1. The first-order valence-corrected chi connectivity index (χ1v) is 42.1. The van der Waals surface area contributed by atoms with Gasteiger partial charge in [-0.1, -0.05) is 145 Å². The second kappa shape index (κ2) is 45.5. The Morgan fingerprint density at radius 2 is 0.692 bits per heavy atom. The molecule has 16 rings (SSSR count). The van der Waals surface area contributed by atoms with Crippen molar-refractivity contribution in [2.45, 2.75) is 490 Å². The van der Waals surface area contributed by atoms with E-state index < -0.39 is 75.1 Å². The summed E-state index contributed by atoms with van der Waals surface area (Å²) in [6, 6.07) is 0. The zero-order chi connectivity index (χ0) is 80.1. The standard InChI is InChI=1S/C16H22O6.2C16H26O3.C13H18O5.2C13H24O2.12CH4/c1-5-16(2,3)15(19)22-12-7-6-8-10(9(7)13(17)20-4)14(18)21-11(8)12;2*1-4-14(2,3)13(17)19-16-8-11-5-12(9-16)7-15(18,6-11)10-16;1-4-13(2,3)12(15)18-9-7-5-6-8(16-7)10(9)17-11(6)14;2*1-5-12(3,4)11(14)15-13(6-2)9-7-8-10-13;;;;;;;;;;;;/h7-12H,5-6H2,1-4H3;2*11-12,18H,4-10H2,1-3H3;6-10H,4-5H2,1-3H3;2*5-10H2,1-4H3;12*1H4. The molecule has 0 aromatic rings. The van der Waals surface area contributed by atoms with Crippen LogP contribution in [0.5, 0.6) is 0 Å². The molecule has 0 aromatic heterocycles. The number of hydrogen-bond acceptors (Lipinski definition) is 21. The minimum atomic E-state index is -0.593. The van der Waals surface area contributed by atoms with E-state index in [9.17, 15) is 53.4 Å². The van der Waals surface area contributed by atoms with Gasteiger partial charge in [-0.15, -0.1) is 0 Å². The molecule has 16 aliphatic rings. The van der Waals surface area contributed by atoms with Gasteiger partial charge in [0.05, 0.1) is 74.7 Å². The summed E-state index contributed by atoms with van der Waals surface area (Å²) in [5.74, 6) is -0.855. The molecule has 2 N–H and O–H groups in total. The van der Waals surface area contributed by atoms with E-state index in [4.69, 9.17) is 47.4 Å². The highest BCUT2D eigenvalue weighted by Gasteiger charge is 2.71. The molecule has 0 aromatic carbocycles. The van der Waals surface area contributed by atoms with E-state index in [1.807, 2.05) is 125 Å². The minimum Gasteiger partial charge on any atom is -0.469 e. The van der Waals surface area contributed by atoms with Crippen LogP contribution >= 0.6 is 0 Å². The van der Waals surface area contributed by atoms with E-state index in [-0.39, 0.29) is 200 Å². The van der Waals surface area contributed by atoms with E-state index in [2.05, 4.69) is 13.8 Å². The number of fused-ring (bicyclic) bond motifs is 2. The molecule has 15 atom stereocenters. The van der Waals surface area contributed by atoms with Crippen LogP contribution in [0.25, 0.3) is 0 Å². The van der Waals surface area contributed by atoms with Crippen LogP contribution in [0.2, 0.25) is 0 Å². The van der Waals surface area contributed by atoms with E-state index in [0.717, 1.165) is 116 Å². The molecule has 0 radical (unpaired) electrons. The van der Waals surface area contributed by atoms with Gasteiger partial charge in [0, 0.05) is 24.7 Å². The van der Waals surface area contributed by atoms with Crippen molar-refractivity contribution in [2.75, 3.05) is 7.11 Å². The fourth-order valence-corrected chi connectivity index (χ4v) is 20.4. The van der Waals surface area contributed by atoms with Crippen molar-refractivity contribution in [1.82, 2.24) is 0 Å². The van der Waals surface area contributed by atoms with E-state index in [1.165, 1.54) is 45.6 Å². The molecule has 4 heterocycles. The summed E-state index contributed by atoms with van der Waals surface area (Å²) >= 11 is 0. The maximum absolute atomic E-state index is 12.4. The van der Waals surface area contributed by atoms with Crippen molar-refractivity contribution in [3.8, 4) is 0 Å². The maximum atomic E-state index is 12.4. The number of ether oxygens (including phenoxy) is 10. The van der Waals surface area contributed by atoms with E-state index in [0.29, 0.717) is 62.2 Å². The Balaban J connectivity index is -0.000000663. The predicted octanol–water partition coefficient (Wildman–Crippen LogP) is 23.5. The number of carbonyl (C=O) groups excluding carboxylic acids is 9. The van der Waals surface area contributed by atoms with E-state index in [1.54, 1.807) is 0 Å².